The molecule has 1 aliphatic rings. The van der Waals surface area contributed by atoms with Crippen LogP contribution in [0.5, 0.6) is 5.75 Å². The lowest BCUT2D eigenvalue weighted by Gasteiger charge is -2.36. The second-order valence-corrected chi connectivity index (χ2v) is 27.5. The number of carboxylic acids is 1. The fourth-order valence-corrected chi connectivity index (χ4v) is 13.8. The largest absolute Gasteiger partial charge is 0.497 e. The second kappa shape index (κ2) is 37.7. The van der Waals surface area contributed by atoms with Gasteiger partial charge < -0.3 is 83.5 Å². The van der Waals surface area contributed by atoms with Gasteiger partial charge in [0.15, 0.2) is 0 Å². The standard InChI is InChI=1S/C71H88F2N14O13S2/c1-41(88)28-62(90)82-55(31-45-37-79-52-17-13-47(72)33-50(45)52)65(94)83-56(32-46-38-80-53-18-14-48(73)34-51(46)53)66(95)85-58(36-63(91)92)68(97)84-57(35-60-76-22-23-77-60)67(96)86-59(30-42-11-15-49(100-3)16-12-42)69(98)87-25-7-20-71(87,2)70(99)78-24-27-102-40-44-9-6-8-43(29-44)39-101-26-19-61(89)81-54(64(75)93)10-4-5-21-74/h6,8-9,11-18,22-23,29,33-34,37-38,41,54-59,79-80,88H,4-5,7,10,19-21,24-28,30-32,35-36,39-40,74H2,1-3H3,(H2,75,93)(H,76,77)(H,78,99)(H,81,89)(H,82,90)(H,83,94)(H,84,97)(H,85,95)(H,86,96)(H,91,92)/t41-,54+,55+,56+,57+,58+,59+,71+/m1/s1. The number of fused-ring (bicyclic) bond motifs is 2. The Balaban J connectivity index is 0.957. The predicted octanol–water partition coefficient (Wildman–Crippen LogP) is 3.75. The number of aliphatic carboxylic acids is 1. The van der Waals surface area contributed by atoms with Crippen molar-refractivity contribution in [3.8, 4) is 5.75 Å². The molecule has 8 rings (SSSR count). The van der Waals surface area contributed by atoms with E-state index in [9.17, 15) is 62.1 Å². The van der Waals surface area contributed by atoms with Crippen LogP contribution in [-0.4, -0.2) is 180 Å². The van der Waals surface area contributed by atoms with Crippen LogP contribution < -0.4 is 53.4 Å². The number of benzene rings is 4. The minimum absolute atomic E-state index is 0.119. The first-order valence-electron chi connectivity index (χ1n) is 33.5. The molecule has 27 nitrogen and oxygen atoms in total. The molecule has 8 atom stereocenters. The summed E-state index contributed by atoms with van der Waals surface area (Å²) in [4.78, 5) is 154. The summed E-state index contributed by atoms with van der Waals surface area (Å²) in [5, 5.41) is 39.8. The number of halogens is 2. The topological polar surface area (TPSA) is 420 Å². The fourth-order valence-electron chi connectivity index (χ4n) is 12.1. The van der Waals surface area contributed by atoms with Crippen LogP contribution in [0.3, 0.4) is 0 Å². The number of carbonyl (C=O) groups excluding carboxylic acids is 9. The summed E-state index contributed by atoms with van der Waals surface area (Å²) in [6.45, 7) is 3.90. The summed E-state index contributed by atoms with van der Waals surface area (Å²) in [5.41, 5.74) is 14.0. The number of aromatic amines is 3. The normalized spacial score (nSPS) is 15.6. The number of primary amides is 1. The number of amides is 9. The molecular weight excluding hydrogens is 1360 g/mol. The third-order valence-electron chi connectivity index (χ3n) is 17.4. The number of likely N-dealkylation sites (tertiary alicyclic amines) is 1. The molecule has 7 aromatic rings. The van der Waals surface area contributed by atoms with Crippen molar-refractivity contribution in [2.45, 2.75) is 150 Å². The molecule has 0 unspecified atom stereocenters. The Bertz CT molecular complexity index is 4060. The quantitative estimate of drug-likeness (QED) is 0.0243. The Morgan fingerprint density at radius 3 is 1.80 bits per heavy atom. The van der Waals surface area contributed by atoms with Crippen LogP contribution in [0.1, 0.15) is 98.9 Å². The number of aliphatic hydroxyl groups excluding tert-OH is 1. The van der Waals surface area contributed by atoms with Crippen molar-refractivity contribution in [1.82, 2.24) is 62.1 Å². The van der Waals surface area contributed by atoms with E-state index in [-0.39, 0.29) is 56.9 Å². The maximum absolute atomic E-state index is 15.2. The van der Waals surface area contributed by atoms with Gasteiger partial charge in [0.25, 0.3) is 0 Å². The third-order valence-corrected chi connectivity index (χ3v) is 19.5. The highest BCUT2D eigenvalue weighted by Crippen LogP contribution is 2.31. The van der Waals surface area contributed by atoms with Crippen LogP contribution in [-0.2, 0) is 85.1 Å². The number of nitrogens with one attached hydrogen (secondary N) is 10. The van der Waals surface area contributed by atoms with E-state index in [1.165, 1.54) is 80.1 Å². The Morgan fingerprint density at radius 2 is 1.24 bits per heavy atom. The first-order valence-corrected chi connectivity index (χ1v) is 35.9. The summed E-state index contributed by atoms with van der Waals surface area (Å²) >= 11 is 3.18. The summed E-state index contributed by atoms with van der Waals surface area (Å²) in [6.07, 6.45) is 4.78. The van der Waals surface area contributed by atoms with Crippen molar-refractivity contribution in [3.63, 3.8) is 0 Å². The number of H-pyrrole nitrogens is 3. The van der Waals surface area contributed by atoms with Crippen LogP contribution in [0.2, 0.25) is 0 Å². The van der Waals surface area contributed by atoms with Crippen molar-refractivity contribution in [3.05, 3.63) is 155 Å². The number of unbranched alkanes of at least 4 members (excludes halogenated alkanes) is 1. The van der Waals surface area contributed by atoms with Crippen LogP contribution >= 0.6 is 23.5 Å². The molecule has 546 valence electrons. The number of methoxy groups -OCH3 is 1. The van der Waals surface area contributed by atoms with Crippen molar-refractivity contribution in [1.29, 1.82) is 0 Å². The van der Waals surface area contributed by atoms with Gasteiger partial charge in [-0.3, -0.25) is 47.9 Å². The molecule has 4 heterocycles. The van der Waals surface area contributed by atoms with Gasteiger partial charge in [-0.15, -0.1) is 0 Å². The molecule has 4 aromatic carbocycles. The number of carboxylic acid groups (broad SMARTS) is 1. The van der Waals surface area contributed by atoms with Crippen LogP contribution in [0.15, 0.2) is 110 Å². The maximum atomic E-state index is 15.2. The van der Waals surface area contributed by atoms with E-state index in [0.717, 1.165) is 17.5 Å². The molecule has 102 heavy (non-hydrogen) atoms. The summed E-state index contributed by atoms with van der Waals surface area (Å²) in [7, 11) is 1.48. The van der Waals surface area contributed by atoms with Gasteiger partial charge in [0.1, 0.15) is 65.0 Å². The summed E-state index contributed by atoms with van der Waals surface area (Å²) < 4.78 is 34.8. The Kier molecular flexibility index (Phi) is 28.8. The number of hydrogen-bond donors (Lipinski definition) is 14. The van der Waals surface area contributed by atoms with E-state index in [1.54, 1.807) is 54.7 Å². The number of aliphatic hydroxyl groups is 1. The molecule has 3 aromatic heterocycles. The molecule has 1 fully saturated rings. The number of imidazole rings is 1. The first kappa shape index (κ1) is 77.9. The van der Waals surface area contributed by atoms with E-state index >= 15 is 4.79 Å². The van der Waals surface area contributed by atoms with Gasteiger partial charge >= 0.3 is 5.97 Å². The van der Waals surface area contributed by atoms with Gasteiger partial charge in [-0.2, -0.15) is 23.5 Å². The minimum Gasteiger partial charge on any atom is -0.497 e. The molecule has 16 N–H and O–H groups in total. The van der Waals surface area contributed by atoms with Crippen molar-refractivity contribution >= 4 is 104 Å². The minimum atomic E-state index is -1.98. The Labute approximate surface area is 596 Å². The van der Waals surface area contributed by atoms with Gasteiger partial charge in [-0.1, -0.05) is 36.4 Å². The van der Waals surface area contributed by atoms with Crippen LogP contribution in [0.25, 0.3) is 21.8 Å². The molecule has 1 saturated heterocycles. The highest BCUT2D eigenvalue weighted by molar-refractivity contribution is 7.98. The SMILES string of the molecule is COc1ccc(C[C@H](NC(=O)[C@H](Cc2ncc[nH]2)NC(=O)[C@H](CC(=O)O)NC(=O)[C@H](Cc2c[nH]c3ccc(F)cc23)NC(=O)[C@H](Cc2c[nH]c3ccc(F)cc23)NC(=O)C[C@@H](C)O)C(=O)N2CCC[C@@]2(C)C(=O)NCCSCc2cccc(CSCCC(=O)N[C@@H](CCCCN)C(N)=O)c2)cc1. The number of nitrogens with two attached hydrogens (primary N) is 2. The van der Waals surface area contributed by atoms with Gasteiger partial charge in [-0.25, -0.2) is 13.8 Å². The molecule has 31 heteroatoms. The van der Waals surface area contributed by atoms with Crippen LogP contribution in [0, 0.1) is 11.6 Å². The molecule has 9 amide bonds. The Hall–Kier alpha value is -9.85. The third kappa shape index (κ3) is 22.6. The predicted molar refractivity (Wildman–Crippen MR) is 381 cm³/mol. The van der Waals surface area contributed by atoms with Gasteiger partial charge in [0.05, 0.1) is 26.1 Å². The molecule has 0 aliphatic carbocycles. The van der Waals surface area contributed by atoms with E-state index in [2.05, 4.69) is 63.2 Å². The molecule has 0 spiro atoms. The first-order chi connectivity index (χ1) is 48.9. The second-order valence-electron chi connectivity index (χ2n) is 25.3. The highest BCUT2D eigenvalue weighted by Gasteiger charge is 2.48. The van der Waals surface area contributed by atoms with Gasteiger partial charge in [0, 0.05) is 115 Å². The van der Waals surface area contributed by atoms with Gasteiger partial charge in [-0.05, 0) is 129 Å². The van der Waals surface area contributed by atoms with Crippen molar-refractivity contribution in [2.24, 2.45) is 11.5 Å². The van der Waals surface area contributed by atoms with Gasteiger partial charge in [0.2, 0.25) is 53.2 Å². The number of nitrogens with zero attached hydrogens (tertiary/aromatic N) is 2. The molecule has 0 bridgehead atoms. The van der Waals surface area contributed by atoms with E-state index in [1.807, 2.05) is 18.2 Å². The monoisotopic (exact) mass is 1450 g/mol. The van der Waals surface area contributed by atoms with E-state index in [0.29, 0.717) is 93.1 Å². The average molecular weight is 1450 g/mol. The number of thioether (sulfide) groups is 2. The number of rotatable bonds is 40. The number of carbonyl (C=O) groups is 10. The number of hydrogen-bond acceptors (Lipinski definition) is 16. The Morgan fingerprint density at radius 1 is 0.667 bits per heavy atom. The maximum Gasteiger partial charge on any atom is 0.305 e. The number of ether oxygens (including phenoxy) is 1. The van der Waals surface area contributed by atoms with Crippen molar-refractivity contribution < 1.29 is 71.7 Å². The zero-order valence-corrected chi connectivity index (χ0v) is 58.5. The lowest BCUT2D eigenvalue weighted by molar-refractivity contribution is -0.146. The zero-order valence-electron chi connectivity index (χ0n) is 56.9. The zero-order chi connectivity index (χ0) is 73.5. The summed E-state index contributed by atoms with van der Waals surface area (Å²) in [5.74, 6) is -6.65. The van der Waals surface area contributed by atoms with Crippen LogP contribution in [0.4, 0.5) is 8.78 Å². The molecule has 1 aliphatic heterocycles. The highest BCUT2D eigenvalue weighted by atomic mass is 32.2. The van der Waals surface area contributed by atoms with E-state index in [4.69, 9.17) is 16.2 Å². The molecule has 0 saturated carbocycles. The average Bonchev–Trinajstić information content (AvgIpc) is 1.61. The summed E-state index contributed by atoms with van der Waals surface area (Å²) in [6, 6.07) is 13.6. The fraction of sp³-hybridized carbons (Fsp3) is 0.423. The lowest BCUT2D eigenvalue weighted by atomic mass is 9.95. The molecule has 0 radical (unpaired) electrons. The molecular formula is C71H88F2N14O13S2. The van der Waals surface area contributed by atoms with Crippen molar-refractivity contribution in [2.75, 3.05) is 38.2 Å². The smallest absolute Gasteiger partial charge is 0.305 e. The lowest BCUT2D eigenvalue weighted by Crippen LogP contribution is -2.62. The van der Waals surface area contributed by atoms with E-state index < -0.39 is 132 Å². The number of aromatic nitrogens is 4.